The van der Waals surface area contributed by atoms with Crippen LogP contribution in [0.2, 0.25) is 0 Å². The molecule has 94 valence electrons. The van der Waals surface area contributed by atoms with Crippen LogP contribution in [0.4, 0.5) is 0 Å². The predicted octanol–water partition coefficient (Wildman–Crippen LogP) is 3.59. The van der Waals surface area contributed by atoms with Crippen molar-refractivity contribution in [3.05, 3.63) is 33.2 Å². The molecule has 1 N–H and O–H groups in total. The summed E-state index contributed by atoms with van der Waals surface area (Å²) < 4.78 is 6.01. The van der Waals surface area contributed by atoms with Crippen molar-refractivity contribution >= 4 is 33.2 Å². The monoisotopic (exact) mass is 327 g/mol. The standard InChI is InChI=1S/C12H10BrNO3S/c1-6-10(12(15)16)14-11(18-6)8-5-7(17-2)3-4-9(8)13/h3-5H,1-2H3,(H,15,16). The molecule has 0 radical (unpaired) electrons. The van der Waals surface area contributed by atoms with Crippen LogP contribution in [-0.4, -0.2) is 23.2 Å². The van der Waals surface area contributed by atoms with Gasteiger partial charge >= 0.3 is 5.97 Å². The van der Waals surface area contributed by atoms with Crippen molar-refractivity contribution in [2.75, 3.05) is 7.11 Å². The van der Waals surface area contributed by atoms with Gasteiger partial charge in [-0.3, -0.25) is 0 Å². The van der Waals surface area contributed by atoms with Crippen LogP contribution >= 0.6 is 27.3 Å². The minimum atomic E-state index is -1.01. The van der Waals surface area contributed by atoms with E-state index >= 15 is 0 Å². The number of hydrogen-bond acceptors (Lipinski definition) is 4. The average molecular weight is 328 g/mol. The van der Waals surface area contributed by atoms with E-state index in [1.807, 2.05) is 18.2 Å². The molecule has 0 spiro atoms. The number of benzene rings is 1. The number of aromatic carboxylic acids is 1. The Morgan fingerprint density at radius 3 is 2.78 bits per heavy atom. The average Bonchev–Trinajstić information content (AvgIpc) is 2.72. The second-order valence-corrected chi connectivity index (χ2v) is 5.63. The molecule has 0 bridgehead atoms. The molecular formula is C12H10BrNO3S. The molecule has 2 aromatic rings. The summed E-state index contributed by atoms with van der Waals surface area (Å²) in [5.74, 6) is -0.299. The molecule has 1 aromatic heterocycles. The smallest absolute Gasteiger partial charge is 0.355 e. The summed E-state index contributed by atoms with van der Waals surface area (Å²) in [6, 6.07) is 5.51. The fourth-order valence-electron chi connectivity index (χ4n) is 1.51. The Morgan fingerprint density at radius 1 is 1.50 bits per heavy atom. The summed E-state index contributed by atoms with van der Waals surface area (Å²) in [6.07, 6.45) is 0. The molecule has 0 fully saturated rings. The van der Waals surface area contributed by atoms with E-state index in [0.717, 1.165) is 10.0 Å². The van der Waals surface area contributed by atoms with Crippen molar-refractivity contribution in [3.63, 3.8) is 0 Å². The second kappa shape index (κ2) is 5.07. The number of methoxy groups -OCH3 is 1. The first kappa shape index (κ1) is 13.0. The van der Waals surface area contributed by atoms with Crippen LogP contribution in [0.15, 0.2) is 22.7 Å². The molecule has 0 saturated carbocycles. The van der Waals surface area contributed by atoms with Crippen molar-refractivity contribution in [3.8, 4) is 16.3 Å². The highest BCUT2D eigenvalue weighted by Crippen LogP contribution is 2.35. The van der Waals surface area contributed by atoms with Crippen LogP contribution in [0.3, 0.4) is 0 Å². The SMILES string of the molecule is COc1ccc(Br)c(-c2nc(C(=O)O)c(C)s2)c1. The van der Waals surface area contributed by atoms with E-state index in [0.29, 0.717) is 15.6 Å². The van der Waals surface area contributed by atoms with E-state index in [2.05, 4.69) is 20.9 Å². The van der Waals surface area contributed by atoms with E-state index in [1.54, 1.807) is 14.0 Å². The van der Waals surface area contributed by atoms with E-state index in [4.69, 9.17) is 9.84 Å². The van der Waals surface area contributed by atoms with Crippen LogP contribution in [0.5, 0.6) is 5.75 Å². The molecule has 0 aliphatic rings. The number of thiazole rings is 1. The first-order chi connectivity index (χ1) is 8.52. The van der Waals surface area contributed by atoms with Crippen LogP contribution in [0.25, 0.3) is 10.6 Å². The molecule has 0 aliphatic heterocycles. The predicted molar refractivity (Wildman–Crippen MR) is 73.5 cm³/mol. The largest absolute Gasteiger partial charge is 0.497 e. The van der Waals surface area contributed by atoms with Gasteiger partial charge in [-0.15, -0.1) is 11.3 Å². The second-order valence-electron chi connectivity index (χ2n) is 3.57. The molecule has 18 heavy (non-hydrogen) atoms. The van der Waals surface area contributed by atoms with Crippen LogP contribution in [0, 0.1) is 6.92 Å². The van der Waals surface area contributed by atoms with Crippen LogP contribution in [0.1, 0.15) is 15.4 Å². The fourth-order valence-corrected chi connectivity index (χ4v) is 3.01. The highest BCUT2D eigenvalue weighted by Gasteiger charge is 2.16. The number of carbonyl (C=O) groups is 1. The van der Waals surface area contributed by atoms with Gasteiger partial charge in [0.25, 0.3) is 0 Å². The third-order valence-electron chi connectivity index (χ3n) is 2.40. The lowest BCUT2D eigenvalue weighted by atomic mass is 10.2. The molecule has 2 rings (SSSR count). The minimum Gasteiger partial charge on any atom is -0.497 e. The summed E-state index contributed by atoms with van der Waals surface area (Å²) in [5, 5.41) is 9.67. The highest BCUT2D eigenvalue weighted by molar-refractivity contribution is 9.10. The molecule has 0 amide bonds. The van der Waals surface area contributed by atoms with Crippen molar-refractivity contribution < 1.29 is 14.6 Å². The zero-order chi connectivity index (χ0) is 13.3. The minimum absolute atomic E-state index is 0.102. The molecule has 1 heterocycles. The number of halogens is 1. The number of aryl methyl sites for hydroxylation is 1. The number of carboxylic acids is 1. The molecule has 0 saturated heterocycles. The van der Waals surface area contributed by atoms with Gasteiger partial charge in [0.1, 0.15) is 10.8 Å². The third-order valence-corrected chi connectivity index (χ3v) is 4.10. The Kier molecular flexibility index (Phi) is 3.68. The van der Waals surface area contributed by atoms with Crippen LogP contribution in [-0.2, 0) is 0 Å². The Balaban J connectivity index is 2.54. The van der Waals surface area contributed by atoms with Gasteiger partial charge in [-0.2, -0.15) is 0 Å². The van der Waals surface area contributed by atoms with Gasteiger partial charge in [0.05, 0.1) is 7.11 Å². The van der Waals surface area contributed by atoms with Gasteiger partial charge in [0.2, 0.25) is 0 Å². The zero-order valence-corrected chi connectivity index (χ0v) is 12.1. The molecule has 1 aromatic carbocycles. The van der Waals surface area contributed by atoms with Crippen molar-refractivity contribution in [1.82, 2.24) is 4.98 Å². The maximum absolute atomic E-state index is 11.0. The molecule has 0 aliphatic carbocycles. The number of carboxylic acid groups (broad SMARTS) is 1. The van der Waals surface area contributed by atoms with Gasteiger partial charge in [-0.1, -0.05) is 15.9 Å². The molecule has 6 heteroatoms. The number of aromatic nitrogens is 1. The molecular weight excluding hydrogens is 318 g/mol. The normalized spacial score (nSPS) is 10.4. The topological polar surface area (TPSA) is 59.4 Å². The molecule has 0 unspecified atom stereocenters. The quantitative estimate of drug-likeness (QED) is 0.935. The lowest BCUT2D eigenvalue weighted by Gasteiger charge is -2.04. The van der Waals surface area contributed by atoms with Crippen molar-refractivity contribution in [1.29, 1.82) is 0 Å². The first-order valence-electron chi connectivity index (χ1n) is 5.07. The zero-order valence-electron chi connectivity index (χ0n) is 9.73. The fraction of sp³-hybridized carbons (Fsp3) is 0.167. The van der Waals surface area contributed by atoms with Crippen LogP contribution < -0.4 is 4.74 Å². The van der Waals surface area contributed by atoms with Gasteiger partial charge in [-0.25, -0.2) is 9.78 Å². The Bertz CT molecular complexity index is 609. The maximum atomic E-state index is 11.0. The number of nitrogens with zero attached hydrogens (tertiary/aromatic N) is 1. The van der Waals surface area contributed by atoms with Gasteiger partial charge in [0.15, 0.2) is 5.69 Å². The van der Waals surface area contributed by atoms with Gasteiger partial charge in [-0.05, 0) is 25.1 Å². The third kappa shape index (κ3) is 2.39. The lowest BCUT2D eigenvalue weighted by Crippen LogP contribution is -1.98. The Labute approximate surface area is 116 Å². The summed E-state index contributed by atoms with van der Waals surface area (Å²) in [4.78, 5) is 15.8. The first-order valence-corrected chi connectivity index (χ1v) is 6.68. The van der Waals surface area contributed by atoms with Crippen molar-refractivity contribution in [2.24, 2.45) is 0 Å². The van der Waals surface area contributed by atoms with E-state index < -0.39 is 5.97 Å². The molecule has 4 nitrogen and oxygen atoms in total. The summed E-state index contributed by atoms with van der Waals surface area (Å²) in [7, 11) is 1.59. The number of rotatable bonds is 3. The summed E-state index contributed by atoms with van der Waals surface area (Å²) in [6.45, 7) is 1.75. The Hall–Kier alpha value is -1.40. The highest BCUT2D eigenvalue weighted by atomic mass is 79.9. The summed E-state index contributed by atoms with van der Waals surface area (Å²) in [5.41, 5.74) is 0.930. The maximum Gasteiger partial charge on any atom is 0.355 e. The van der Waals surface area contributed by atoms with Gasteiger partial charge < -0.3 is 9.84 Å². The van der Waals surface area contributed by atoms with E-state index in [9.17, 15) is 4.79 Å². The van der Waals surface area contributed by atoms with Gasteiger partial charge in [0, 0.05) is 14.9 Å². The summed E-state index contributed by atoms with van der Waals surface area (Å²) >= 11 is 4.78. The number of ether oxygens (including phenoxy) is 1. The molecule has 0 atom stereocenters. The van der Waals surface area contributed by atoms with Crippen molar-refractivity contribution in [2.45, 2.75) is 6.92 Å². The number of hydrogen-bond donors (Lipinski definition) is 1. The Morgan fingerprint density at radius 2 is 2.22 bits per heavy atom. The van der Waals surface area contributed by atoms with E-state index in [-0.39, 0.29) is 5.69 Å². The lowest BCUT2D eigenvalue weighted by molar-refractivity contribution is 0.0690. The van der Waals surface area contributed by atoms with E-state index in [1.165, 1.54) is 11.3 Å².